The molecular formula is C79H67BN2O. The average Bonchev–Trinajstić information content (AvgIpc) is 0.694. The van der Waals surface area contributed by atoms with Gasteiger partial charge in [-0.25, -0.2) is 0 Å². The number of hydrogen-bond donors (Lipinski definition) is 0. The lowest BCUT2D eigenvalue weighted by atomic mass is 9.29. The quantitative estimate of drug-likeness (QED) is 0.160. The minimum absolute atomic E-state index is 0.0755. The molecule has 3 nitrogen and oxygen atoms in total. The number of para-hydroxylation sites is 2. The van der Waals surface area contributed by atoms with E-state index in [0.717, 1.165) is 99.9 Å². The largest absolute Gasteiger partial charge is 0.457 e. The zero-order valence-electron chi connectivity index (χ0n) is 58.2. The van der Waals surface area contributed by atoms with Crippen molar-refractivity contribution >= 4 is 62.0 Å². The summed E-state index contributed by atoms with van der Waals surface area (Å²) in [7, 11) is 0. The molecule has 0 saturated heterocycles. The van der Waals surface area contributed by atoms with Gasteiger partial charge in [-0.05, 0) is 150 Å². The Morgan fingerprint density at radius 1 is 0.398 bits per heavy atom. The standard InChI is InChI=1S/C79H67BN2O/c1-76(2,3)55-35-40-68(59(45-55)52-27-17-12-18-28-52)82-71-44-54(51-25-15-11-16-26-51)34-39-67(71)80-66-38-33-53(50-23-13-10-14-24-50)43-64(66)79(62-29-19-21-31-73(62)83-74-32-22-20-30-63(74)79)65-48-58(49-72(82)75(65)80)81-69-41-36-56(77(4,5)6)46-60(69)61-47-57(78(7,8)9)37-42-70(61)81/h10-49H,1-9H3/i10D,11D,13D,14D,15D,16D,23D,24D,25D,26D. The first-order valence-electron chi connectivity index (χ1n) is 33.8. The molecule has 0 saturated carbocycles. The Balaban J connectivity index is 1.18. The Kier molecular flexibility index (Phi) is 9.10. The molecule has 15 rings (SSSR count). The van der Waals surface area contributed by atoms with Crippen LogP contribution in [0.25, 0.3) is 60.9 Å². The molecule has 0 N–H and O–H groups in total. The first kappa shape index (κ1) is 41.0. The Hall–Kier alpha value is -9.12. The minimum atomic E-state index is -1.24. The van der Waals surface area contributed by atoms with Crippen LogP contribution in [0.1, 0.15) is 115 Å². The van der Waals surface area contributed by atoms with E-state index in [2.05, 4.69) is 187 Å². The first-order valence-corrected chi connectivity index (χ1v) is 28.8. The highest BCUT2D eigenvalue weighted by atomic mass is 16.5. The molecule has 1 spiro atoms. The van der Waals surface area contributed by atoms with Crippen molar-refractivity contribution in [3.8, 4) is 50.6 Å². The maximum Gasteiger partial charge on any atom is 0.247 e. The van der Waals surface area contributed by atoms with Gasteiger partial charge < -0.3 is 14.2 Å². The molecule has 11 aromatic carbocycles. The van der Waals surface area contributed by atoms with E-state index in [1.165, 1.54) is 11.1 Å². The van der Waals surface area contributed by atoms with E-state index >= 15 is 0 Å². The lowest BCUT2D eigenvalue weighted by molar-refractivity contribution is 0.435. The fraction of sp³-hybridized carbons (Fsp3) is 0.165. The van der Waals surface area contributed by atoms with Crippen LogP contribution in [0.3, 0.4) is 0 Å². The zero-order valence-corrected chi connectivity index (χ0v) is 48.2. The topological polar surface area (TPSA) is 17.4 Å². The molecule has 3 aliphatic heterocycles. The summed E-state index contributed by atoms with van der Waals surface area (Å²) in [5, 5.41) is 2.21. The van der Waals surface area contributed by atoms with Gasteiger partial charge in [0.15, 0.2) is 0 Å². The number of ether oxygens (including phenoxy) is 1. The Morgan fingerprint density at radius 3 is 1.49 bits per heavy atom. The van der Waals surface area contributed by atoms with Crippen molar-refractivity contribution < 1.29 is 18.4 Å². The van der Waals surface area contributed by atoms with Gasteiger partial charge in [0, 0.05) is 44.5 Å². The molecule has 4 heteroatoms. The molecule has 0 fully saturated rings. The van der Waals surface area contributed by atoms with Gasteiger partial charge in [-0.1, -0.05) is 243 Å². The normalized spacial score (nSPS) is 15.7. The fourth-order valence-electron chi connectivity index (χ4n) is 13.6. The smallest absolute Gasteiger partial charge is 0.247 e. The van der Waals surface area contributed by atoms with E-state index in [4.69, 9.17) is 13.0 Å². The summed E-state index contributed by atoms with van der Waals surface area (Å²) < 4.78 is 101. The Morgan fingerprint density at radius 2 is 0.916 bits per heavy atom. The molecule has 0 radical (unpaired) electrons. The fourth-order valence-corrected chi connectivity index (χ4v) is 13.6. The highest BCUT2D eigenvalue weighted by molar-refractivity contribution is 6.99. The van der Waals surface area contributed by atoms with Crippen LogP contribution in [-0.2, 0) is 21.7 Å². The van der Waals surface area contributed by atoms with Crippen molar-refractivity contribution in [1.82, 2.24) is 4.57 Å². The van der Waals surface area contributed by atoms with Gasteiger partial charge in [0.05, 0.1) is 35.8 Å². The molecule has 4 heterocycles. The third-order valence-electron chi connectivity index (χ3n) is 17.8. The van der Waals surface area contributed by atoms with E-state index in [0.29, 0.717) is 22.6 Å². The third-order valence-corrected chi connectivity index (χ3v) is 17.8. The number of hydrogen-bond acceptors (Lipinski definition) is 2. The maximum atomic E-state index is 9.47. The SMILES string of the molecule is [2H]c1c([2H])c([2H])c(-c2ccc3c(c2)N(c2ccc(C(C)(C)C)cc2-c2ccccc2)c2cc(-n4c5ccc(C(C)(C)C)cc5c5cc(C(C)(C)C)ccc54)cc4c2B3c2ccc(-c3c([2H])c([2H])c([2H])c([2H])c3[2H])cc2C42c3ccccc3Oc3ccccc32)c([2H])c1[2H]. The molecule has 0 atom stereocenters. The summed E-state index contributed by atoms with van der Waals surface area (Å²) in [5.74, 6) is 1.27. The van der Waals surface area contributed by atoms with Gasteiger partial charge in [-0.15, -0.1) is 0 Å². The van der Waals surface area contributed by atoms with Crippen LogP contribution < -0.4 is 26.0 Å². The van der Waals surface area contributed by atoms with Crippen molar-refractivity contribution in [2.45, 2.75) is 84.0 Å². The molecule has 83 heavy (non-hydrogen) atoms. The van der Waals surface area contributed by atoms with Gasteiger partial charge in [0.2, 0.25) is 6.71 Å². The highest BCUT2D eigenvalue weighted by Crippen LogP contribution is 2.58. The van der Waals surface area contributed by atoms with Crippen LogP contribution in [-0.4, -0.2) is 11.3 Å². The predicted octanol–water partition coefficient (Wildman–Crippen LogP) is 18.8. The molecule has 1 aromatic heterocycles. The number of aromatic nitrogens is 1. The predicted molar refractivity (Wildman–Crippen MR) is 351 cm³/mol. The molecule has 402 valence electrons. The third kappa shape index (κ3) is 7.86. The molecule has 3 aliphatic rings. The van der Waals surface area contributed by atoms with E-state index < -0.39 is 48.4 Å². The average molecular weight is 1080 g/mol. The van der Waals surface area contributed by atoms with Crippen LogP contribution in [0.5, 0.6) is 11.5 Å². The second-order valence-electron chi connectivity index (χ2n) is 25.8. The van der Waals surface area contributed by atoms with Crippen molar-refractivity contribution in [2.75, 3.05) is 4.90 Å². The van der Waals surface area contributed by atoms with Crippen LogP contribution in [0.15, 0.2) is 242 Å². The molecular weight excluding hydrogens is 1000 g/mol. The zero-order chi connectivity index (χ0) is 65.4. The Labute approximate surface area is 503 Å². The Bertz CT molecular complexity index is 5050. The van der Waals surface area contributed by atoms with Crippen LogP contribution in [0.2, 0.25) is 0 Å². The van der Waals surface area contributed by atoms with Crippen molar-refractivity contribution in [2.24, 2.45) is 0 Å². The van der Waals surface area contributed by atoms with E-state index in [1.807, 2.05) is 66.7 Å². The summed E-state index contributed by atoms with van der Waals surface area (Å²) >= 11 is 0. The van der Waals surface area contributed by atoms with Crippen LogP contribution in [0, 0.1) is 0 Å². The maximum absolute atomic E-state index is 9.47. The van der Waals surface area contributed by atoms with Crippen LogP contribution >= 0.6 is 0 Å². The van der Waals surface area contributed by atoms with Gasteiger partial charge in [-0.2, -0.15) is 0 Å². The number of fused-ring (bicyclic) bond motifs is 13. The van der Waals surface area contributed by atoms with Crippen molar-refractivity contribution in [3.05, 3.63) is 281 Å². The second kappa shape index (κ2) is 18.4. The number of rotatable bonds is 5. The van der Waals surface area contributed by atoms with Gasteiger partial charge >= 0.3 is 0 Å². The molecule has 0 unspecified atom stereocenters. The number of benzene rings is 11. The molecule has 12 aromatic rings. The van der Waals surface area contributed by atoms with Gasteiger partial charge in [0.1, 0.15) is 11.5 Å². The first-order chi connectivity index (χ1) is 44.2. The number of nitrogens with zero attached hydrogens (tertiary/aromatic N) is 2. The van der Waals surface area contributed by atoms with E-state index in [9.17, 15) is 5.48 Å². The second-order valence-corrected chi connectivity index (χ2v) is 25.8. The monoisotopic (exact) mass is 1080 g/mol. The lowest BCUT2D eigenvalue weighted by Gasteiger charge is -2.50. The summed E-state index contributed by atoms with van der Waals surface area (Å²) in [4.78, 5) is 2.35. The summed E-state index contributed by atoms with van der Waals surface area (Å²) in [6, 6.07) is 59.8. The van der Waals surface area contributed by atoms with E-state index in [-0.39, 0.29) is 51.5 Å². The minimum Gasteiger partial charge on any atom is -0.457 e. The lowest BCUT2D eigenvalue weighted by Crippen LogP contribution is -2.65. The summed E-state index contributed by atoms with van der Waals surface area (Å²) in [6.45, 7) is 19.6. The van der Waals surface area contributed by atoms with Crippen LogP contribution in [0.4, 0.5) is 17.1 Å². The van der Waals surface area contributed by atoms with Gasteiger partial charge in [-0.3, -0.25) is 0 Å². The van der Waals surface area contributed by atoms with E-state index in [1.54, 1.807) is 0 Å². The summed E-state index contributed by atoms with van der Waals surface area (Å²) in [6.07, 6.45) is 0. The number of anilines is 3. The van der Waals surface area contributed by atoms with Gasteiger partial charge in [0.25, 0.3) is 0 Å². The molecule has 0 aliphatic carbocycles. The van der Waals surface area contributed by atoms with Crippen molar-refractivity contribution in [3.63, 3.8) is 0 Å². The van der Waals surface area contributed by atoms with Crippen molar-refractivity contribution in [1.29, 1.82) is 0 Å². The highest BCUT2D eigenvalue weighted by Gasteiger charge is 2.55. The molecule has 0 amide bonds. The molecule has 0 bridgehead atoms. The summed E-state index contributed by atoms with van der Waals surface area (Å²) in [5.41, 5.74) is 16.1.